The van der Waals surface area contributed by atoms with Gasteiger partial charge < -0.3 is 15.4 Å². The van der Waals surface area contributed by atoms with Crippen molar-refractivity contribution in [3.8, 4) is 5.75 Å². The molecule has 0 fully saturated rings. The van der Waals surface area contributed by atoms with E-state index >= 15 is 0 Å². The van der Waals surface area contributed by atoms with Gasteiger partial charge >= 0.3 is 0 Å². The summed E-state index contributed by atoms with van der Waals surface area (Å²) in [5.74, 6) is 1.89. The Labute approximate surface area is 124 Å². The van der Waals surface area contributed by atoms with Gasteiger partial charge in [0.15, 0.2) is 0 Å². The van der Waals surface area contributed by atoms with Gasteiger partial charge in [0, 0.05) is 36.5 Å². The molecule has 0 saturated heterocycles. The van der Waals surface area contributed by atoms with Crippen molar-refractivity contribution in [2.45, 2.75) is 6.92 Å². The first kappa shape index (κ1) is 14.5. The summed E-state index contributed by atoms with van der Waals surface area (Å²) in [7, 11) is 3.67. The van der Waals surface area contributed by atoms with Crippen LogP contribution in [0.25, 0.3) is 10.8 Å². The quantitative estimate of drug-likeness (QED) is 0.857. The van der Waals surface area contributed by atoms with E-state index in [2.05, 4.69) is 9.88 Å². The van der Waals surface area contributed by atoms with Crippen molar-refractivity contribution in [3.05, 3.63) is 30.5 Å². The monoisotopic (exact) mass is 289 g/mol. The van der Waals surface area contributed by atoms with Gasteiger partial charge in [-0.2, -0.15) is 0 Å². The number of rotatable bonds is 5. The Morgan fingerprint density at radius 2 is 2.15 bits per heavy atom. The molecule has 0 amide bonds. The highest BCUT2D eigenvalue weighted by Crippen LogP contribution is 2.30. The first-order valence-electron chi connectivity index (χ1n) is 6.46. The third-order valence-corrected chi connectivity index (χ3v) is 3.76. The van der Waals surface area contributed by atoms with Crippen LogP contribution in [0.1, 0.15) is 6.92 Å². The second-order valence-electron chi connectivity index (χ2n) is 4.87. The number of ether oxygens (including phenoxy) is 1. The van der Waals surface area contributed by atoms with Gasteiger partial charge in [0.25, 0.3) is 0 Å². The fourth-order valence-corrected chi connectivity index (χ4v) is 2.31. The molecule has 2 aromatic rings. The van der Waals surface area contributed by atoms with E-state index in [0.29, 0.717) is 4.99 Å². The number of pyridine rings is 1. The molecule has 1 unspecified atom stereocenters. The molecule has 5 heteroatoms. The average molecular weight is 289 g/mol. The molecule has 1 aromatic carbocycles. The summed E-state index contributed by atoms with van der Waals surface area (Å²) in [5.41, 5.74) is 5.68. The zero-order chi connectivity index (χ0) is 14.7. The maximum Gasteiger partial charge on any atom is 0.136 e. The van der Waals surface area contributed by atoms with E-state index in [1.165, 1.54) is 0 Å². The Bertz CT molecular complexity index is 630. The van der Waals surface area contributed by atoms with Gasteiger partial charge in [0.05, 0.1) is 12.1 Å². The number of hydrogen-bond acceptors (Lipinski definition) is 4. The smallest absolute Gasteiger partial charge is 0.136 e. The summed E-state index contributed by atoms with van der Waals surface area (Å²) >= 11 is 5.03. The van der Waals surface area contributed by atoms with E-state index in [1.807, 2.05) is 38.2 Å². The molecular weight excluding hydrogens is 270 g/mol. The summed E-state index contributed by atoms with van der Waals surface area (Å²) in [5, 5.41) is 2.11. The molecule has 2 N–H and O–H groups in total. The molecule has 4 nitrogen and oxygen atoms in total. The highest BCUT2D eigenvalue weighted by Gasteiger charge is 2.14. The molecule has 2 rings (SSSR count). The highest BCUT2D eigenvalue weighted by molar-refractivity contribution is 7.80. The average Bonchev–Trinajstić information content (AvgIpc) is 2.45. The van der Waals surface area contributed by atoms with Crippen LogP contribution in [-0.2, 0) is 0 Å². The number of hydrogen-bond donors (Lipinski definition) is 1. The molecule has 0 aliphatic rings. The third kappa shape index (κ3) is 2.82. The minimum absolute atomic E-state index is 0.137. The molecular formula is C15H19N3OS. The van der Waals surface area contributed by atoms with Crippen LogP contribution in [0.4, 0.5) is 5.82 Å². The van der Waals surface area contributed by atoms with Crippen molar-refractivity contribution >= 4 is 33.8 Å². The van der Waals surface area contributed by atoms with Crippen LogP contribution in [-0.4, -0.2) is 30.7 Å². The second-order valence-corrected chi connectivity index (χ2v) is 5.35. The Hall–Kier alpha value is -1.88. The van der Waals surface area contributed by atoms with Crippen molar-refractivity contribution in [2.24, 2.45) is 11.7 Å². The lowest BCUT2D eigenvalue weighted by atomic mass is 10.1. The van der Waals surface area contributed by atoms with Crippen LogP contribution < -0.4 is 15.4 Å². The fourth-order valence-electron chi connectivity index (χ4n) is 2.23. The van der Waals surface area contributed by atoms with Gasteiger partial charge in [-0.25, -0.2) is 4.98 Å². The van der Waals surface area contributed by atoms with Crippen LogP contribution in [0.15, 0.2) is 30.5 Å². The molecule has 20 heavy (non-hydrogen) atoms. The number of benzene rings is 1. The Morgan fingerprint density at radius 1 is 1.40 bits per heavy atom. The lowest BCUT2D eigenvalue weighted by Crippen LogP contribution is -2.31. The molecule has 0 saturated carbocycles. The molecule has 1 atom stereocenters. The van der Waals surface area contributed by atoms with Crippen molar-refractivity contribution in [3.63, 3.8) is 0 Å². The van der Waals surface area contributed by atoms with E-state index in [4.69, 9.17) is 22.7 Å². The number of methoxy groups -OCH3 is 1. The second kappa shape index (κ2) is 6.05. The maximum atomic E-state index is 5.68. The summed E-state index contributed by atoms with van der Waals surface area (Å²) in [6, 6.07) is 7.92. The highest BCUT2D eigenvalue weighted by atomic mass is 32.1. The van der Waals surface area contributed by atoms with Gasteiger partial charge in [0.2, 0.25) is 0 Å². The van der Waals surface area contributed by atoms with Gasteiger partial charge in [-0.15, -0.1) is 0 Å². The Kier molecular flexibility index (Phi) is 4.39. The molecule has 0 bridgehead atoms. The van der Waals surface area contributed by atoms with E-state index in [0.717, 1.165) is 28.9 Å². The summed E-state index contributed by atoms with van der Waals surface area (Å²) in [4.78, 5) is 7.08. The third-order valence-electron chi connectivity index (χ3n) is 3.36. The number of aromatic nitrogens is 1. The van der Waals surface area contributed by atoms with Crippen LogP contribution in [0.5, 0.6) is 5.75 Å². The van der Waals surface area contributed by atoms with Gasteiger partial charge in [-0.1, -0.05) is 31.3 Å². The zero-order valence-corrected chi connectivity index (χ0v) is 12.8. The fraction of sp³-hybridized carbons (Fsp3) is 0.333. The van der Waals surface area contributed by atoms with Crippen LogP contribution in [0.3, 0.4) is 0 Å². The van der Waals surface area contributed by atoms with Crippen molar-refractivity contribution in [1.29, 1.82) is 0 Å². The predicted molar refractivity (Wildman–Crippen MR) is 87.5 cm³/mol. The zero-order valence-electron chi connectivity index (χ0n) is 12.0. The van der Waals surface area contributed by atoms with E-state index in [1.54, 1.807) is 13.3 Å². The van der Waals surface area contributed by atoms with Crippen molar-refractivity contribution < 1.29 is 4.74 Å². The number of nitrogens with two attached hydrogens (primary N) is 1. The SMILES string of the molecule is COc1cccc2c(N(C)CC(C)C(N)=S)nccc12. The summed E-state index contributed by atoms with van der Waals surface area (Å²) in [6.07, 6.45) is 1.79. The van der Waals surface area contributed by atoms with Gasteiger partial charge in [0.1, 0.15) is 11.6 Å². The lowest BCUT2D eigenvalue weighted by molar-refractivity contribution is 0.420. The minimum Gasteiger partial charge on any atom is -0.496 e. The minimum atomic E-state index is 0.137. The number of nitrogens with zero attached hydrogens (tertiary/aromatic N) is 2. The maximum absolute atomic E-state index is 5.68. The molecule has 1 aromatic heterocycles. The molecule has 0 spiro atoms. The van der Waals surface area contributed by atoms with Crippen LogP contribution >= 0.6 is 12.2 Å². The van der Waals surface area contributed by atoms with Gasteiger partial charge in [-0.3, -0.25) is 0 Å². The summed E-state index contributed by atoms with van der Waals surface area (Å²) < 4.78 is 5.39. The number of anilines is 1. The first-order chi connectivity index (χ1) is 9.54. The first-order valence-corrected chi connectivity index (χ1v) is 6.87. The molecule has 0 aliphatic heterocycles. The molecule has 0 radical (unpaired) electrons. The lowest BCUT2D eigenvalue weighted by Gasteiger charge is -2.23. The molecule has 1 heterocycles. The van der Waals surface area contributed by atoms with Crippen LogP contribution in [0, 0.1) is 5.92 Å². The standard InChI is InChI=1S/C15H19N3OS/c1-10(14(16)20)9-18(2)15-12-5-4-6-13(19-3)11(12)7-8-17-15/h4-8,10H,9H2,1-3H3,(H2,16,20). The van der Waals surface area contributed by atoms with Crippen molar-refractivity contribution in [2.75, 3.05) is 25.6 Å². The van der Waals surface area contributed by atoms with Gasteiger partial charge in [-0.05, 0) is 12.1 Å². The van der Waals surface area contributed by atoms with E-state index in [9.17, 15) is 0 Å². The number of thiocarbonyl (C=S) groups is 1. The van der Waals surface area contributed by atoms with Crippen LogP contribution in [0.2, 0.25) is 0 Å². The topological polar surface area (TPSA) is 51.4 Å². The largest absolute Gasteiger partial charge is 0.496 e. The van der Waals surface area contributed by atoms with Crippen molar-refractivity contribution in [1.82, 2.24) is 4.98 Å². The predicted octanol–water partition coefficient (Wildman–Crippen LogP) is 2.60. The molecule has 106 valence electrons. The normalized spacial score (nSPS) is 12.2. The Morgan fingerprint density at radius 3 is 2.80 bits per heavy atom. The van der Waals surface area contributed by atoms with E-state index < -0.39 is 0 Å². The Balaban J connectivity index is 2.42. The molecule has 0 aliphatic carbocycles. The number of fused-ring (bicyclic) bond motifs is 1. The summed E-state index contributed by atoms with van der Waals surface area (Å²) in [6.45, 7) is 2.75. The van der Waals surface area contributed by atoms with E-state index in [-0.39, 0.29) is 5.92 Å².